The summed E-state index contributed by atoms with van der Waals surface area (Å²) in [5, 5.41) is 20.4. The number of hydrogen-bond donors (Lipinski definition) is 1. The number of pyridine rings is 1. The Morgan fingerprint density at radius 2 is 2.03 bits per heavy atom. The second-order valence-corrected chi connectivity index (χ2v) is 7.71. The zero-order valence-corrected chi connectivity index (χ0v) is 17.3. The molecule has 30 heavy (non-hydrogen) atoms. The standard InChI is InChI=1S/C21H24N8O/c1-14-4-5-19(25-24-14)23-20-11-17-10-15(6-9-29(17)26-20)21-18(12-22-28(21)3)30-13-16-7-8-27(16)2/h4-6,9-12,16H,7-8,13H2,1-3H3,(H,23,25,26)/t16-/m1/s1. The van der Waals surface area contributed by atoms with E-state index in [1.165, 1.54) is 6.42 Å². The van der Waals surface area contributed by atoms with E-state index in [0.29, 0.717) is 24.3 Å². The van der Waals surface area contributed by atoms with Crippen molar-refractivity contribution in [2.24, 2.45) is 7.05 Å². The van der Waals surface area contributed by atoms with Crippen LogP contribution in [0.15, 0.2) is 42.7 Å². The Morgan fingerprint density at radius 3 is 2.77 bits per heavy atom. The van der Waals surface area contributed by atoms with Gasteiger partial charge in [-0.3, -0.25) is 9.58 Å². The van der Waals surface area contributed by atoms with Gasteiger partial charge >= 0.3 is 0 Å². The van der Waals surface area contributed by atoms with E-state index in [4.69, 9.17) is 4.74 Å². The van der Waals surface area contributed by atoms with Crippen molar-refractivity contribution in [3.05, 3.63) is 48.4 Å². The fourth-order valence-electron chi connectivity index (χ4n) is 3.62. The molecular formula is C21H24N8O. The fraction of sp³-hybridized carbons (Fsp3) is 0.333. The second kappa shape index (κ2) is 7.42. The lowest BCUT2D eigenvalue weighted by atomic mass is 10.1. The van der Waals surface area contributed by atoms with Crippen molar-refractivity contribution in [3.8, 4) is 17.0 Å². The number of anilines is 2. The SMILES string of the molecule is Cc1ccc(Nc2cc3cc(-c4c(OC[C@H]5CCN5C)cnn4C)ccn3n2)nn1. The molecule has 1 aliphatic heterocycles. The van der Waals surface area contributed by atoms with Gasteiger partial charge in [0.05, 0.1) is 17.4 Å². The lowest BCUT2D eigenvalue weighted by Crippen LogP contribution is -2.48. The summed E-state index contributed by atoms with van der Waals surface area (Å²) in [5.41, 5.74) is 3.82. The molecule has 0 amide bonds. The van der Waals surface area contributed by atoms with Crippen LogP contribution in [0.2, 0.25) is 0 Å². The average Bonchev–Trinajstić information content (AvgIpc) is 3.30. The van der Waals surface area contributed by atoms with E-state index in [9.17, 15) is 0 Å². The maximum Gasteiger partial charge on any atom is 0.165 e. The van der Waals surface area contributed by atoms with Gasteiger partial charge < -0.3 is 10.1 Å². The van der Waals surface area contributed by atoms with Crippen molar-refractivity contribution >= 4 is 17.2 Å². The highest BCUT2D eigenvalue weighted by molar-refractivity contribution is 5.72. The summed E-state index contributed by atoms with van der Waals surface area (Å²) in [5.74, 6) is 2.17. The number of aryl methyl sites for hydroxylation is 2. The number of ether oxygens (including phenoxy) is 1. The molecule has 0 saturated carbocycles. The molecular weight excluding hydrogens is 380 g/mol. The molecule has 5 heterocycles. The Hall–Kier alpha value is -3.46. The molecule has 0 aromatic carbocycles. The summed E-state index contributed by atoms with van der Waals surface area (Å²) in [6, 6.07) is 10.4. The monoisotopic (exact) mass is 404 g/mol. The van der Waals surface area contributed by atoms with E-state index in [2.05, 4.69) is 43.7 Å². The molecule has 5 rings (SSSR count). The van der Waals surface area contributed by atoms with Gasteiger partial charge in [-0.15, -0.1) is 5.10 Å². The van der Waals surface area contributed by atoms with Crippen LogP contribution in [-0.4, -0.2) is 60.7 Å². The number of aromatic nitrogens is 6. The summed E-state index contributed by atoms with van der Waals surface area (Å²) in [4.78, 5) is 2.31. The molecule has 1 N–H and O–H groups in total. The summed E-state index contributed by atoms with van der Waals surface area (Å²) in [7, 11) is 4.06. The number of hydrogen-bond acceptors (Lipinski definition) is 7. The smallest absolute Gasteiger partial charge is 0.165 e. The Morgan fingerprint density at radius 1 is 1.13 bits per heavy atom. The molecule has 0 aliphatic carbocycles. The van der Waals surface area contributed by atoms with Gasteiger partial charge in [0.2, 0.25) is 0 Å². The molecule has 4 aromatic heterocycles. The summed E-state index contributed by atoms with van der Waals surface area (Å²) >= 11 is 0. The first-order valence-corrected chi connectivity index (χ1v) is 9.99. The van der Waals surface area contributed by atoms with Crippen LogP contribution in [0, 0.1) is 6.92 Å². The van der Waals surface area contributed by atoms with Crippen molar-refractivity contribution in [1.82, 2.24) is 34.5 Å². The minimum atomic E-state index is 0.480. The van der Waals surface area contributed by atoms with Crippen LogP contribution in [0.4, 0.5) is 11.6 Å². The number of likely N-dealkylation sites (N-methyl/N-ethyl adjacent to an activating group) is 1. The molecule has 1 atom stereocenters. The molecule has 0 bridgehead atoms. The minimum absolute atomic E-state index is 0.480. The number of likely N-dealkylation sites (tertiary alicyclic amines) is 1. The Bertz CT molecular complexity index is 1180. The van der Waals surface area contributed by atoms with Crippen LogP contribution in [0.3, 0.4) is 0 Å². The van der Waals surface area contributed by atoms with E-state index < -0.39 is 0 Å². The van der Waals surface area contributed by atoms with E-state index in [-0.39, 0.29) is 0 Å². The third kappa shape index (κ3) is 3.48. The molecule has 1 aliphatic rings. The Balaban J connectivity index is 1.40. The van der Waals surface area contributed by atoms with E-state index in [1.54, 1.807) is 6.20 Å². The van der Waals surface area contributed by atoms with E-state index in [1.807, 2.05) is 53.6 Å². The first-order valence-electron chi connectivity index (χ1n) is 9.99. The van der Waals surface area contributed by atoms with Crippen LogP contribution in [0.5, 0.6) is 5.75 Å². The summed E-state index contributed by atoms with van der Waals surface area (Å²) in [6.07, 6.45) is 4.90. The number of nitrogens with one attached hydrogen (secondary N) is 1. The van der Waals surface area contributed by atoms with E-state index >= 15 is 0 Å². The predicted molar refractivity (Wildman–Crippen MR) is 114 cm³/mol. The summed E-state index contributed by atoms with van der Waals surface area (Å²) < 4.78 is 9.79. The Kier molecular flexibility index (Phi) is 4.59. The predicted octanol–water partition coefficient (Wildman–Crippen LogP) is 2.66. The minimum Gasteiger partial charge on any atom is -0.488 e. The lowest BCUT2D eigenvalue weighted by molar-refractivity contribution is 0.0771. The van der Waals surface area contributed by atoms with Gasteiger partial charge in [-0.05, 0) is 51.2 Å². The van der Waals surface area contributed by atoms with Gasteiger partial charge in [0.15, 0.2) is 17.4 Å². The third-order valence-electron chi connectivity index (χ3n) is 5.57. The normalized spacial score (nSPS) is 16.6. The molecule has 9 nitrogen and oxygen atoms in total. The molecule has 4 aromatic rings. The van der Waals surface area contributed by atoms with Gasteiger partial charge in [0, 0.05) is 30.9 Å². The highest BCUT2D eigenvalue weighted by atomic mass is 16.5. The lowest BCUT2D eigenvalue weighted by Gasteiger charge is -2.37. The van der Waals surface area contributed by atoms with Crippen LogP contribution in [0.25, 0.3) is 16.8 Å². The molecule has 1 saturated heterocycles. The van der Waals surface area contributed by atoms with Gasteiger partial charge in [-0.1, -0.05) is 0 Å². The fourth-order valence-corrected chi connectivity index (χ4v) is 3.62. The van der Waals surface area contributed by atoms with Crippen LogP contribution >= 0.6 is 0 Å². The van der Waals surface area contributed by atoms with Gasteiger partial charge in [0.1, 0.15) is 12.3 Å². The highest BCUT2D eigenvalue weighted by Gasteiger charge is 2.25. The third-order valence-corrected chi connectivity index (χ3v) is 5.57. The first kappa shape index (κ1) is 18.6. The number of nitrogens with zero attached hydrogens (tertiary/aromatic N) is 7. The van der Waals surface area contributed by atoms with E-state index in [0.717, 1.165) is 34.8 Å². The van der Waals surface area contributed by atoms with Gasteiger partial charge in [-0.25, -0.2) is 4.52 Å². The highest BCUT2D eigenvalue weighted by Crippen LogP contribution is 2.31. The second-order valence-electron chi connectivity index (χ2n) is 7.71. The topological polar surface area (TPSA) is 85.4 Å². The zero-order chi connectivity index (χ0) is 20.7. The average molecular weight is 404 g/mol. The van der Waals surface area contributed by atoms with Crippen molar-refractivity contribution in [2.45, 2.75) is 19.4 Å². The van der Waals surface area contributed by atoms with Crippen molar-refractivity contribution in [3.63, 3.8) is 0 Å². The first-order chi connectivity index (χ1) is 14.6. The summed E-state index contributed by atoms with van der Waals surface area (Å²) in [6.45, 7) is 3.72. The molecule has 1 fully saturated rings. The van der Waals surface area contributed by atoms with Crippen molar-refractivity contribution in [2.75, 3.05) is 25.5 Å². The maximum absolute atomic E-state index is 6.12. The molecule has 0 unspecified atom stereocenters. The maximum atomic E-state index is 6.12. The molecule has 154 valence electrons. The zero-order valence-electron chi connectivity index (χ0n) is 17.3. The Labute approximate surface area is 174 Å². The van der Waals surface area contributed by atoms with Crippen LogP contribution in [-0.2, 0) is 7.05 Å². The number of fused-ring (bicyclic) bond motifs is 1. The van der Waals surface area contributed by atoms with Crippen molar-refractivity contribution < 1.29 is 4.74 Å². The largest absolute Gasteiger partial charge is 0.488 e. The quantitative estimate of drug-likeness (QED) is 0.529. The van der Waals surface area contributed by atoms with Crippen molar-refractivity contribution in [1.29, 1.82) is 0 Å². The molecule has 0 radical (unpaired) electrons. The van der Waals surface area contributed by atoms with Crippen LogP contribution < -0.4 is 10.1 Å². The molecule has 0 spiro atoms. The van der Waals surface area contributed by atoms with Crippen LogP contribution in [0.1, 0.15) is 12.1 Å². The van der Waals surface area contributed by atoms with Gasteiger partial charge in [0.25, 0.3) is 0 Å². The number of rotatable bonds is 6. The van der Waals surface area contributed by atoms with Gasteiger partial charge in [-0.2, -0.15) is 15.3 Å². The molecule has 9 heteroatoms.